The van der Waals surface area contributed by atoms with Gasteiger partial charge in [0.05, 0.1) is 24.1 Å². The number of benzene rings is 2. The third-order valence-corrected chi connectivity index (χ3v) is 5.49. The summed E-state index contributed by atoms with van der Waals surface area (Å²) in [6.45, 7) is 1.97. The van der Waals surface area contributed by atoms with E-state index in [-0.39, 0.29) is 11.2 Å². The predicted molar refractivity (Wildman–Crippen MR) is 122 cm³/mol. The minimum atomic E-state index is -4.84. The van der Waals surface area contributed by atoms with E-state index in [1.807, 2.05) is 31.2 Å². The van der Waals surface area contributed by atoms with E-state index in [0.717, 1.165) is 29.0 Å². The predicted octanol–water partition coefficient (Wildman–Crippen LogP) is 4.57. The monoisotopic (exact) mass is 481 g/mol. The second-order valence-electron chi connectivity index (χ2n) is 7.61. The van der Waals surface area contributed by atoms with Gasteiger partial charge in [0, 0.05) is 12.3 Å². The van der Waals surface area contributed by atoms with Crippen LogP contribution < -0.4 is 15.0 Å². The molecule has 0 bridgehead atoms. The van der Waals surface area contributed by atoms with E-state index in [4.69, 9.17) is 4.74 Å². The van der Waals surface area contributed by atoms with Gasteiger partial charge in [0.15, 0.2) is 11.2 Å². The molecule has 11 heteroatoms. The average molecular weight is 481 g/mol. The van der Waals surface area contributed by atoms with Gasteiger partial charge >= 0.3 is 6.36 Å². The second-order valence-corrected chi connectivity index (χ2v) is 7.61. The molecular formula is C24H18F3N5O3. The standard InChI is InChI=1S/C24H18F3N5O3/c1-3-18-20(14-7-9-16(34-2)10-8-14)22-29-28-21-19(32(22)30-18)11-12-31(23(21)33)15-5-4-6-17(13-15)35-24(25,26)27/h4-13H,3H2,1-2H3. The van der Waals surface area contributed by atoms with Gasteiger partial charge in [-0.15, -0.1) is 23.4 Å². The van der Waals surface area contributed by atoms with Crippen LogP contribution in [0.2, 0.25) is 0 Å². The summed E-state index contributed by atoms with van der Waals surface area (Å²) in [5, 5.41) is 13.1. The molecule has 0 aliphatic carbocycles. The van der Waals surface area contributed by atoms with Crippen molar-refractivity contribution in [2.75, 3.05) is 7.11 Å². The number of nitrogens with zero attached hydrogens (tertiary/aromatic N) is 5. The van der Waals surface area contributed by atoms with Gasteiger partial charge < -0.3 is 9.47 Å². The van der Waals surface area contributed by atoms with E-state index >= 15 is 0 Å². The van der Waals surface area contributed by atoms with Crippen molar-refractivity contribution >= 4 is 16.7 Å². The minimum Gasteiger partial charge on any atom is -0.497 e. The summed E-state index contributed by atoms with van der Waals surface area (Å²) in [5.74, 6) is 0.275. The van der Waals surface area contributed by atoms with Crippen molar-refractivity contribution in [2.45, 2.75) is 19.7 Å². The van der Waals surface area contributed by atoms with E-state index in [1.165, 1.54) is 22.9 Å². The fourth-order valence-corrected chi connectivity index (χ4v) is 3.93. The van der Waals surface area contributed by atoms with E-state index in [9.17, 15) is 18.0 Å². The first-order chi connectivity index (χ1) is 16.8. The quantitative estimate of drug-likeness (QED) is 0.366. The maximum Gasteiger partial charge on any atom is 0.573 e. The Labute approximate surface area is 196 Å². The van der Waals surface area contributed by atoms with E-state index in [1.54, 1.807) is 17.7 Å². The molecule has 5 rings (SSSR count). The van der Waals surface area contributed by atoms with Gasteiger partial charge in [-0.3, -0.25) is 9.36 Å². The Balaban J connectivity index is 1.66. The number of hydrogen-bond donors (Lipinski definition) is 0. The summed E-state index contributed by atoms with van der Waals surface area (Å²) in [6.07, 6.45) is -2.77. The Bertz CT molecular complexity index is 1610. The molecule has 0 saturated carbocycles. The molecule has 178 valence electrons. The summed E-state index contributed by atoms with van der Waals surface area (Å²) >= 11 is 0. The van der Waals surface area contributed by atoms with Crippen LogP contribution in [0.1, 0.15) is 12.6 Å². The molecule has 0 saturated heterocycles. The Morgan fingerprint density at radius 2 is 1.77 bits per heavy atom. The number of alkyl halides is 3. The summed E-state index contributed by atoms with van der Waals surface area (Å²) < 4.78 is 49.8. The maximum atomic E-state index is 13.2. The van der Waals surface area contributed by atoms with Crippen molar-refractivity contribution in [3.8, 4) is 28.3 Å². The van der Waals surface area contributed by atoms with Gasteiger partial charge in [-0.2, -0.15) is 5.10 Å². The first-order valence-electron chi connectivity index (χ1n) is 10.6. The minimum absolute atomic E-state index is 0.0218. The topological polar surface area (TPSA) is 83.5 Å². The molecule has 0 radical (unpaired) electrons. The second kappa shape index (κ2) is 8.42. The Morgan fingerprint density at radius 3 is 2.46 bits per heavy atom. The van der Waals surface area contributed by atoms with Crippen molar-refractivity contribution in [2.24, 2.45) is 0 Å². The number of methoxy groups -OCH3 is 1. The highest BCUT2D eigenvalue weighted by Gasteiger charge is 2.31. The first-order valence-corrected chi connectivity index (χ1v) is 10.6. The largest absolute Gasteiger partial charge is 0.573 e. The molecule has 8 nitrogen and oxygen atoms in total. The van der Waals surface area contributed by atoms with E-state index in [2.05, 4.69) is 20.0 Å². The van der Waals surface area contributed by atoms with Crippen LogP contribution in [0, 0.1) is 0 Å². The lowest BCUT2D eigenvalue weighted by molar-refractivity contribution is -0.274. The number of pyridine rings is 1. The summed E-state index contributed by atoms with van der Waals surface area (Å²) in [6, 6.07) is 14.2. The van der Waals surface area contributed by atoms with Gasteiger partial charge in [0.2, 0.25) is 0 Å². The lowest BCUT2D eigenvalue weighted by Crippen LogP contribution is -2.21. The van der Waals surface area contributed by atoms with E-state index < -0.39 is 17.7 Å². The summed E-state index contributed by atoms with van der Waals surface area (Å²) in [7, 11) is 1.59. The highest BCUT2D eigenvalue weighted by Crippen LogP contribution is 2.30. The molecule has 0 spiro atoms. The first kappa shape index (κ1) is 22.4. The molecule has 0 aliphatic rings. The van der Waals surface area contributed by atoms with Crippen LogP contribution in [0.3, 0.4) is 0 Å². The lowest BCUT2D eigenvalue weighted by Gasteiger charge is -2.11. The van der Waals surface area contributed by atoms with Crippen LogP contribution in [0.15, 0.2) is 65.6 Å². The third-order valence-electron chi connectivity index (χ3n) is 5.49. The number of halogens is 3. The van der Waals surface area contributed by atoms with Crippen LogP contribution in [0.5, 0.6) is 11.5 Å². The highest BCUT2D eigenvalue weighted by molar-refractivity contribution is 5.85. The van der Waals surface area contributed by atoms with Crippen molar-refractivity contribution in [1.82, 2.24) is 24.4 Å². The molecule has 3 heterocycles. The van der Waals surface area contributed by atoms with Gasteiger partial charge in [-0.25, -0.2) is 4.52 Å². The molecule has 0 fully saturated rings. The number of rotatable bonds is 5. The number of aryl methyl sites for hydroxylation is 1. The molecule has 3 aromatic heterocycles. The molecule has 2 aromatic carbocycles. The smallest absolute Gasteiger partial charge is 0.497 e. The number of ether oxygens (including phenoxy) is 2. The summed E-state index contributed by atoms with van der Waals surface area (Å²) in [4.78, 5) is 13.2. The zero-order valence-corrected chi connectivity index (χ0v) is 18.6. The molecule has 35 heavy (non-hydrogen) atoms. The van der Waals surface area contributed by atoms with Crippen LogP contribution in [-0.4, -0.2) is 37.9 Å². The molecular weight excluding hydrogens is 463 g/mol. The highest BCUT2D eigenvalue weighted by atomic mass is 19.4. The molecule has 5 aromatic rings. The SMILES string of the molecule is CCc1nn2c(nnc3c(=O)n(-c4cccc(OC(F)(F)F)c4)ccc32)c1-c1ccc(OC)cc1. The molecule has 0 N–H and O–H groups in total. The van der Waals surface area contributed by atoms with Gasteiger partial charge in [-0.05, 0) is 42.3 Å². The Hall–Kier alpha value is -4.41. The average Bonchev–Trinajstić information content (AvgIpc) is 3.22. The van der Waals surface area contributed by atoms with Gasteiger partial charge in [-0.1, -0.05) is 25.1 Å². The normalized spacial score (nSPS) is 11.8. The Morgan fingerprint density at radius 1 is 1.00 bits per heavy atom. The molecule has 0 amide bonds. The third kappa shape index (κ3) is 4.05. The van der Waals surface area contributed by atoms with Crippen molar-refractivity contribution in [1.29, 1.82) is 0 Å². The molecule has 0 unspecified atom stereocenters. The lowest BCUT2D eigenvalue weighted by atomic mass is 10.0. The number of fused-ring (bicyclic) bond motifs is 3. The van der Waals surface area contributed by atoms with Gasteiger partial charge in [0.25, 0.3) is 5.56 Å². The van der Waals surface area contributed by atoms with Crippen LogP contribution >= 0.6 is 0 Å². The van der Waals surface area contributed by atoms with Crippen LogP contribution in [0.4, 0.5) is 13.2 Å². The van der Waals surface area contributed by atoms with Crippen molar-refractivity contribution < 1.29 is 22.6 Å². The zero-order chi connectivity index (χ0) is 24.7. The van der Waals surface area contributed by atoms with Crippen LogP contribution in [-0.2, 0) is 6.42 Å². The Kier molecular flexibility index (Phi) is 5.39. The summed E-state index contributed by atoms with van der Waals surface area (Å²) in [5.41, 5.74) is 3.01. The molecule has 0 atom stereocenters. The van der Waals surface area contributed by atoms with Crippen molar-refractivity contribution in [3.63, 3.8) is 0 Å². The molecule has 0 aliphatic heterocycles. The zero-order valence-electron chi connectivity index (χ0n) is 18.6. The fraction of sp³-hybridized carbons (Fsp3) is 0.167. The number of aromatic nitrogens is 5. The van der Waals surface area contributed by atoms with Gasteiger partial charge in [0.1, 0.15) is 17.0 Å². The van der Waals surface area contributed by atoms with E-state index in [0.29, 0.717) is 23.3 Å². The number of hydrogen-bond acceptors (Lipinski definition) is 6. The maximum absolute atomic E-state index is 13.2. The van der Waals surface area contributed by atoms with Crippen molar-refractivity contribution in [3.05, 3.63) is 76.8 Å². The van der Waals surface area contributed by atoms with Crippen LogP contribution in [0.25, 0.3) is 33.5 Å². The fourth-order valence-electron chi connectivity index (χ4n) is 3.93.